The zero-order valence-corrected chi connectivity index (χ0v) is 7.99. The van der Waals surface area contributed by atoms with Crippen LogP contribution in [0.3, 0.4) is 0 Å². The molecule has 0 saturated heterocycles. The molecule has 0 bridgehead atoms. The number of hydrogen-bond acceptors (Lipinski definition) is 4. The monoisotopic (exact) mass is 191 g/mol. The summed E-state index contributed by atoms with van der Waals surface area (Å²) in [6.07, 6.45) is 3.25. The summed E-state index contributed by atoms with van der Waals surface area (Å²) in [5.41, 5.74) is 4.25. The SMILES string of the molecule is CCc1ccc(N/N=C\C=N)c(O)c1. The first-order valence-electron chi connectivity index (χ1n) is 4.38. The van der Waals surface area contributed by atoms with Crippen LogP contribution >= 0.6 is 0 Å². The lowest BCUT2D eigenvalue weighted by atomic mass is 10.1. The van der Waals surface area contributed by atoms with Crippen LogP contribution in [0, 0.1) is 5.41 Å². The van der Waals surface area contributed by atoms with Crippen LogP contribution < -0.4 is 5.43 Å². The summed E-state index contributed by atoms with van der Waals surface area (Å²) in [7, 11) is 0. The molecule has 1 rings (SSSR count). The van der Waals surface area contributed by atoms with E-state index in [-0.39, 0.29) is 5.75 Å². The van der Waals surface area contributed by atoms with Crippen LogP contribution in [-0.2, 0) is 6.42 Å². The van der Waals surface area contributed by atoms with Gasteiger partial charge in [-0.25, -0.2) is 0 Å². The van der Waals surface area contributed by atoms with Crippen LogP contribution in [-0.4, -0.2) is 17.5 Å². The molecule has 0 aliphatic heterocycles. The number of nitrogens with zero attached hydrogens (tertiary/aromatic N) is 1. The minimum Gasteiger partial charge on any atom is -0.506 e. The number of aryl methyl sites for hydroxylation is 1. The molecule has 0 heterocycles. The van der Waals surface area contributed by atoms with Crippen LogP contribution in [0.4, 0.5) is 5.69 Å². The lowest BCUT2D eigenvalue weighted by Gasteiger charge is -2.04. The third-order valence-electron chi connectivity index (χ3n) is 1.80. The molecule has 1 aromatic carbocycles. The van der Waals surface area contributed by atoms with Gasteiger partial charge in [-0.2, -0.15) is 5.10 Å². The molecule has 14 heavy (non-hydrogen) atoms. The Bertz CT molecular complexity index is 347. The summed E-state index contributed by atoms with van der Waals surface area (Å²) >= 11 is 0. The highest BCUT2D eigenvalue weighted by atomic mass is 16.3. The topological polar surface area (TPSA) is 68.5 Å². The first kappa shape index (κ1) is 10.2. The van der Waals surface area contributed by atoms with Crippen molar-refractivity contribution < 1.29 is 5.11 Å². The Balaban J connectivity index is 2.78. The molecule has 0 amide bonds. The van der Waals surface area contributed by atoms with Gasteiger partial charge < -0.3 is 10.5 Å². The molecule has 0 fully saturated rings. The summed E-state index contributed by atoms with van der Waals surface area (Å²) in [6.45, 7) is 2.02. The molecule has 0 spiro atoms. The number of benzene rings is 1. The molecule has 4 nitrogen and oxygen atoms in total. The molecular formula is C10H13N3O. The van der Waals surface area contributed by atoms with E-state index in [0.717, 1.165) is 18.2 Å². The zero-order chi connectivity index (χ0) is 10.4. The summed E-state index contributed by atoms with van der Waals surface area (Å²) in [6, 6.07) is 5.37. The van der Waals surface area contributed by atoms with E-state index in [1.54, 1.807) is 12.1 Å². The van der Waals surface area contributed by atoms with Gasteiger partial charge in [0.2, 0.25) is 0 Å². The van der Waals surface area contributed by atoms with E-state index in [4.69, 9.17) is 5.41 Å². The van der Waals surface area contributed by atoms with E-state index in [0.29, 0.717) is 5.69 Å². The van der Waals surface area contributed by atoms with Gasteiger partial charge in [0.1, 0.15) is 5.75 Å². The van der Waals surface area contributed by atoms with Gasteiger partial charge >= 0.3 is 0 Å². The minimum absolute atomic E-state index is 0.173. The van der Waals surface area contributed by atoms with Gasteiger partial charge in [0.25, 0.3) is 0 Å². The fourth-order valence-electron chi connectivity index (χ4n) is 1.04. The Morgan fingerprint density at radius 2 is 2.36 bits per heavy atom. The van der Waals surface area contributed by atoms with Gasteiger partial charge in [0.15, 0.2) is 0 Å². The van der Waals surface area contributed by atoms with Crippen LogP contribution in [0.1, 0.15) is 12.5 Å². The molecule has 4 heteroatoms. The second-order valence-corrected chi connectivity index (χ2v) is 2.76. The van der Waals surface area contributed by atoms with Crippen LogP contribution in [0.2, 0.25) is 0 Å². The zero-order valence-electron chi connectivity index (χ0n) is 7.99. The molecule has 0 aromatic heterocycles. The van der Waals surface area contributed by atoms with E-state index in [1.165, 1.54) is 6.21 Å². The maximum atomic E-state index is 9.53. The molecule has 0 saturated carbocycles. The lowest BCUT2D eigenvalue weighted by Crippen LogP contribution is -1.91. The lowest BCUT2D eigenvalue weighted by molar-refractivity contribution is 0.476. The van der Waals surface area contributed by atoms with E-state index in [2.05, 4.69) is 10.5 Å². The number of hydrazone groups is 1. The van der Waals surface area contributed by atoms with Crippen LogP contribution in [0.15, 0.2) is 23.3 Å². The Morgan fingerprint density at radius 3 is 2.93 bits per heavy atom. The van der Waals surface area contributed by atoms with Crippen molar-refractivity contribution in [3.8, 4) is 5.75 Å². The number of anilines is 1. The average molecular weight is 191 g/mol. The standard InChI is InChI=1S/C10H13N3O/c1-2-8-3-4-9(10(14)7-8)13-12-6-5-11/h3-7,11,13-14H,2H2,1H3/b11-5?,12-6-. The molecule has 0 radical (unpaired) electrons. The molecule has 1 aromatic rings. The van der Waals surface area contributed by atoms with E-state index < -0.39 is 0 Å². The second kappa shape index (κ2) is 5.01. The smallest absolute Gasteiger partial charge is 0.140 e. The fourth-order valence-corrected chi connectivity index (χ4v) is 1.04. The van der Waals surface area contributed by atoms with Gasteiger partial charge in [-0.15, -0.1) is 0 Å². The Morgan fingerprint density at radius 1 is 1.57 bits per heavy atom. The largest absolute Gasteiger partial charge is 0.506 e. The van der Waals surface area contributed by atoms with Crippen molar-refractivity contribution in [1.29, 1.82) is 5.41 Å². The molecule has 0 atom stereocenters. The Labute approximate surface area is 82.8 Å². The first-order chi connectivity index (χ1) is 6.77. The van der Waals surface area contributed by atoms with Crippen molar-refractivity contribution in [3.05, 3.63) is 23.8 Å². The number of hydrogen-bond donors (Lipinski definition) is 3. The number of phenolic OH excluding ortho intramolecular Hbond substituents is 1. The van der Waals surface area contributed by atoms with Crippen molar-refractivity contribution >= 4 is 18.1 Å². The highest BCUT2D eigenvalue weighted by molar-refractivity contribution is 6.14. The van der Waals surface area contributed by atoms with Crippen molar-refractivity contribution in [1.82, 2.24) is 0 Å². The van der Waals surface area contributed by atoms with Crippen LogP contribution in [0.25, 0.3) is 0 Å². The maximum absolute atomic E-state index is 9.53. The Hall–Kier alpha value is -1.84. The third-order valence-corrected chi connectivity index (χ3v) is 1.80. The molecule has 74 valence electrons. The summed E-state index contributed by atoms with van der Waals surface area (Å²) in [5.74, 6) is 0.173. The highest BCUT2D eigenvalue weighted by Gasteiger charge is 1.99. The van der Waals surface area contributed by atoms with E-state index in [9.17, 15) is 5.11 Å². The van der Waals surface area contributed by atoms with Crippen molar-refractivity contribution in [2.24, 2.45) is 5.10 Å². The molecule has 3 N–H and O–H groups in total. The van der Waals surface area contributed by atoms with Gasteiger partial charge in [0.05, 0.1) is 11.9 Å². The van der Waals surface area contributed by atoms with Gasteiger partial charge in [-0.05, 0) is 24.1 Å². The van der Waals surface area contributed by atoms with Gasteiger partial charge in [-0.1, -0.05) is 13.0 Å². The van der Waals surface area contributed by atoms with Gasteiger partial charge in [0, 0.05) is 6.21 Å². The quantitative estimate of drug-likeness (QED) is 0.387. The summed E-state index contributed by atoms with van der Waals surface area (Å²) in [4.78, 5) is 0. The maximum Gasteiger partial charge on any atom is 0.140 e. The van der Waals surface area contributed by atoms with Gasteiger partial charge in [-0.3, -0.25) is 5.43 Å². The van der Waals surface area contributed by atoms with E-state index >= 15 is 0 Å². The summed E-state index contributed by atoms with van der Waals surface area (Å²) < 4.78 is 0. The predicted molar refractivity (Wildman–Crippen MR) is 58.4 cm³/mol. The predicted octanol–water partition coefficient (Wildman–Crippen LogP) is 2.00. The fraction of sp³-hybridized carbons (Fsp3) is 0.200. The number of phenols is 1. The number of rotatable bonds is 4. The van der Waals surface area contributed by atoms with Crippen molar-refractivity contribution in [3.63, 3.8) is 0 Å². The second-order valence-electron chi connectivity index (χ2n) is 2.76. The highest BCUT2D eigenvalue weighted by Crippen LogP contribution is 2.24. The molecule has 0 aliphatic carbocycles. The number of aromatic hydroxyl groups is 1. The molecule has 0 unspecified atom stereocenters. The Kier molecular flexibility index (Phi) is 3.67. The summed E-state index contributed by atoms with van der Waals surface area (Å²) in [5, 5.41) is 19.9. The minimum atomic E-state index is 0.173. The normalized spacial score (nSPS) is 10.4. The third kappa shape index (κ3) is 2.58. The van der Waals surface area contributed by atoms with Crippen molar-refractivity contribution in [2.45, 2.75) is 13.3 Å². The first-order valence-corrected chi connectivity index (χ1v) is 4.38. The average Bonchev–Trinajstić information content (AvgIpc) is 2.20. The van der Waals surface area contributed by atoms with Crippen LogP contribution in [0.5, 0.6) is 5.75 Å². The van der Waals surface area contributed by atoms with E-state index in [1.807, 2.05) is 13.0 Å². The molecular weight excluding hydrogens is 178 g/mol. The number of nitrogens with one attached hydrogen (secondary N) is 2. The van der Waals surface area contributed by atoms with Crippen molar-refractivity contribution in [2.75, 3.05) is 5.43 Å². The molecule has 0 aliphatic rings.